The van der Waals surface area contributed by atoms with Crippen LogP contribution in [-0.2, 0) is 27.8 Å². The fourth-order valence-electron chi connectivity index (χ4n) is 4.64. The molecule has 3 aromatic carbocycles. The number of amides is 1. The summed E-state index contributed by atoms with van der Waals surface area (Å²) in [6, 6.07) is 20.9. The highest BCUT2D eigenvalue weighted by atomic mass is 32.2. The van der Waals surface area contributed by atoms with E-state index >= 15 is 0 Å². The maximum Gasteiger partial charge on any atom is 0.236 e. The Morgan fingerprint density at radius 1 is 1.00 bits per heavy atom. The van der Waals surface area contributed by atoms with Gasteiger partial charge in [-0.2, -0.15) is 4.31 Å². The number of ether oxygens (including phenoxy) is 1. The second kappa shape index (κ2) is 8.65. The highest BCUT2D eigenvalue weighted by Gasteiger charge is 2.33. The zero-order valence-electron chi connectivity index (χ0n) is 18.5. The number of para-hydroxylation sites is 2. The Kier molecular flexibility index (Phi) is 5.68. The molecule has 0 fully saturated rings. The van der Waals surface area contributed by atoms with E-state index in [9.17, 15) is 13.2 Å². The Morgan fingerprint density at radius 2 is 1.67 bits per heavy atom. The molecular weight excluding hydrogens is 436 g/mol. The smallest absolute Gasteiger partial charge is 0.236 e. The lowest BCUT2D eigenvalue weighted by Gasteiger charge is -2.29. The average molecular weight is 463 g/mol. The Morgan fingerprint density at radius 3 is 2.33 bits per heavy atom. The standard InChI is InChI=1S/C26H26N2O4S/c1-2-15-33(30,31)28-14-13-18-11-12-20(16-19(18)17-28)27-26(29)25-21-7-3-5-9-23(21)32-24-10-6-4-8-22(24)25/h3-12,16,25H,2,13-15,17H2,1H3,(H,27,29). The SMILES string of the molecule is CCCS(=O)(=O)N1CCc2ccc(NC(=O)C3c4ccccc4Oc4ccccc43)cc2C1. The van der Waals surface area contributed by atoms with Crippen molar-refractivity contribution < 1.29 is 17.9 Å². The Hall–Kier alpha value is -3.16. The molecule has 3 aromatic rings. The zero-order valence-corrected chi connectivity index (χ0v) is 19.3. The highest BCUT2D eigenvalue weighted by Crippen LogP contribution is 2.44. The molecular formula is C26H26N2O4S. The van der Waals surface area contributed by atoms with Gasteiger partial charge in [0.2, 0.25) is 15.9 Å². The van der Waals surface area contributed by atoms with E-state index in [2.05, 4.69) is 5.32 Å². The van der Waals surface area contributed by atoms with Crippen molar-refractivity contribution in [2.24, 2.45) is 0 Å². The predicted octanol–water partition coefficient (Wildman–Crippen LogP) is 4.66. The molecule has 0 atom stereocenters. The molecule has 2 heterocycles. The van der Waals surface area contributed by atoms with Crippen molar-refractivity contribution in [3.8, 4) is 11.5 Å². The molecule has 2 aliphatic rings. The first-order valence-electron chi connectivity index (χ1n) is 11.2. The van der Waals surface area contributed by atoms with Gasteiger partial charge in [-0.05, 0) is 48.2 Å². The molecule has 0 aromatic heterocycles. The van der Waals surface area contributed by atoms with Gasteiger partial charge >= 0.3 is 0 Å². The van der Waals surface area contributed by atoms with E-state index in [1.807, 2.05) is 73.7 Å². The van der Waals surface area contributed by atoms with Crippen molar-refractivity contribution in [1.29, 1.82) is 0 Å². The van der Waals surface area contributed by atoms with Gasteiger partial charge in [0, 0.05) is 29.9 Å². The van der Waals surface area contributed by atoms with Crippen LogP contribution in [0.2, 0.25) is 0 Å². The minimum Gasteiger partial charge on any atom is -0.457 e. The fourth-order valence-corrected chi connectivity index (χ4v) is 6.12. The second-order valence-corrected chi connectivity index (χ2v) is 10.6. The third kappa shape index (κ3) is 4.14. The van der Waals surface area contributed by atoms with Crippen LogP contribution in [0.25, 0.3) is 0 Å². The van der Waals surface area contributed by atoms with Gasteiger partial charge in [-0.1, -0.05) is 49.4 Å². The monoisotopic (exact) mass is 462 g/mol. The Labute approximate surface area is 194 Å². The van der Waals surface area contributed by atoms with Crippen LogP contribution in [0.3, 0.4) is 0 Å². The summed E-state index contributed by atoms with van der Waals surface area (Å²) in [6.07, 6.45) is 1.27. The number of hydrogen-bond donors (Lipinski definition) is 1. The van der Waals surface area contributed by atoms with Crippen LogP contribution in [0.4, 0.5) is 5.69 Å². The normalized spacial score (nSPS) is 15.7. The van der Waals surface area contributed by atoms with Crippen molar-refractivity contribution in [3.63, 3.8) is 0 Å². The molecule has 0 bridgehead atoms. The highest BCUT2D eigenvalue weighted by molar-refractivity contribution is 7.89. The second-order valence-electron chi connectivity index (χ2n) is 8.48. The lowest BCUT2D eigenvalue weighted by Crippen LogP contribution is -2.37. The number of benzene rings is 3. The summed E-state index contributed by atoms with van der Waals surface area (Å²) in [5.41, 5.74) is 4.37. The molecule has 0 unspecified atom stereocenters. The molecule has 6 nitrogen and oxygen atoms in total. The molecule has 1 N–H and O–H groups in total. The van der Waals surface area contributed by atoms with Crippen molar-refractivity contribution in [2.45, 2.75) is 32.2 Å². The van der Waals surface area contributed by atoms with Crippen LogP contribution in [0, 0.1) is 0 Å². The number of carbonyl (C=O) groups excluding carboxylic acids is 1. The molecule has 0 saturated carbocycles. The third-order valence-electron chi connectivity index (χ3n) is 6.25. The summed E-state index contributed by atoms with van der Waals surface area (Å²) in [5, 5.41) is 3.06. The van der Waals surface area contributed by atoms with Crippen LogP contribution in [0.1, 0.15) is 41.5 Å². The number of sulfonamides is 1. The number of nitrogens with one attached hydrogen (secondary N) is 1. The van der Waals surface area contributed by atoms with Crippen molar-refractivity contribution >= 4 is 21.6 Å². The van der Waals surface area contributed by atoms with E-state index in [0.717, 1.165) is 22.3 Å². The lowest BCUT2D eigenvalue weighted by molar-refractivity contribution is -0.116. The minimum atomic E-state index is -3.26. The van der Waals surface area contributed by atoms with Crippen LogP contribution in [0.5, 0.6) is 11.5 Å². The van der Waals surface area contributed by atoms with Gasteiger partial charge in [-0.25, -0.2) is 8.42 Å². The largest absolute Gasteiger partial charge is 0.457 e. The summed E-state index contributed by atoms with van der Waals surface area (Å²) < 4.78 is 32.6. The molecule has 7 heteroatoms. The first-order chi connectivity index (χ1) is 16.0. The molecule has 5 rings (SSSR count). The molecule has 1 amide bonds. The van der Waals surface area contributed by atoms with Gasteiger partial charge in [0.25, 0.3) is 0 Å². The number of rotatable bonds is 5. The zero-order chi connectivity index (χ0) is 23.0. The Balaban J connectivity index is 1.42. The van der Waals surface area contributed by atoms with Crippen LogP contribution in [0.15, 0.2) is 66.7 Å². The topological polar surface area (TPSA) is 75.7 Å². The molecule has 0 spiro atoms. The number of nitrogens with zero attached hydrogens (tertiary/aromatic N) is 1. The summed E-state index contributed by atoms with van der Waals surface area (Å²) in [6.45, 7) is 2.71. The maximum atomic E-state index is 13.5. The van der Waals surface area contributed by atoms with Crippen molar-refractivity contribution in [1.82, 2.24) is 4.31 Å². The molecule has 33 heavy (non-hydrogen) atoms. The van der Waals surface area contributed by atoms with Gasteiger partial charge in [-0.15, -0.1) is 0 Å². The van der Waals surface area contributed by atoms with E-state index in [1.165, 1.54) is 0 Å². The number of carbonyl (C=O) groups is 1. The summed E-state index contributed by atoms with van der Waals surface area (Å²) in [5.74, 6) is 0.867. The van der Waals surface area contributed by atoms with Crippen molar-refractivity contribution in [2.75, 3.05) is 17.6 Å². The third-order valence-corrected chi connectivity index (χ3v) is 8.27. The molecule has 170 valence electrons. The van der Waals surface area contributed by atoms with Crippen LogP contribution >= 0.6 is 0 Å². The molecule has 0 radical (unpaired) electrons. The summed E-state index contributed by atoms with van der Waals surface area (Å²) in [7, 11) is -3.26. The minimum absolute atomic E-state index is 0.149. The first kappa shape index (κ1) is 21.7. The predicted molar refractivity (Wildman–Crippen MR) is 128 cm³/mol. The van der Waals surface area contributed by atoms with E-state index in [4.69, 9.17) is 4.74 Å². The van der Waals surface area contributed by atoms with E-state index < -0.39 is 15.9 Å². The van der Waals surface area contributed by atoms with Gasteiger partial charge in [0.1, 0.15) is 11.5 Å². The number of hydrogen-bond acceptors (Lipinski definition) is 4. The summed E-state index contributed by atoms with van der Waals surface area (Å²) >= 11 is 0. The van der Waals surface area contributed by atoms with Crippen molar-refractivity contribution in [3.05, 3.63) is 89.0 Å². The quantitative estimate of drug-likeness (QED) is 0.598. The fraction of sp³-hybridized carbons (Fsp3) is 0.269. The van der Waals surface area contributed by atoms with Gasteiger partial charge in [0.15, 0.2) is 0 Å². The average Bonchev–Trinajstić information content (AvgIpc) is 2.82. The van der Waals surface area contributed by atoms with Gasteiger partial charge < -0.3 is 10.1 Å². The van der Waals surface area contributed by atoms with E-state index in [-0.39, 0.29) is 11.7 Å². The summed E-state index contributed by atoms with van der Waals surface area (Å²) in [4.78, 5) is 13.5. The number of anilines is 1. The van der Waals surface area contributed by atoms with Gasteiger partial charge in [-0.3, -0.25) is 4.79 Å². The van der Waals surface area contributed by atoms with Gasteiger partial charge in [0.05, 0.1) is 11.7 Å². The molecule has 2 aliphatic heterocycles. The lowest BCUT2D eigenvalue weighted by atomic mass is 9.87. The van der Waals surface area contributed by atoms with Crippen LogP contribution < -0.4 is 10.1 Å². The number of fused-ring (bicyclic) bond motifs is 3. The molecule has 0 saturated heterocycles. The first-order valence-corrected chi connectivity index (χ1v) is 12.8. The molecule has 0 aliphatic carbocycles. The Bertz CT molecular complexity index is 1270. The van der Waals surface area contributed by atoms with Crippen LogP contribution in [-0.4, -0.2) is 30.9 Å². The van der Waals surface area contributed by atoms with E-state index in [1.54, 1.807) is 4.31 Å². The maximum absolute atomic E-state index is 13.5. The van der Waals surface area contributed by atoms with E-state index in [0.29, 0.717) is 43.1 Å².